The highest BCUT2D eigenvalue weighted by Crippen LogP contribution is 2.16. The Hall–Kier alpha value is -0.820. The monoisotopic (exact) mass is 169 g/mol. The van der Waals surface area contributed by atoms with Crippen LogP contribution in [0.4, 0.5) is 4.39 Å². The van der Waals surface area contributed by atoms with Crippen LogP contribution in [0.3, 0.4) is 0 Å². The summed E-state index contributed by atoms with van der Waals surface area (Å²) in [7, 11) is 0. The van der Waals surface area contributed by atoms with E-state index in [0.717, 1.165) is 5.56 Å². The molecule has 0 saturated carbocycles. The van der Waals surface area contributed by atoms with Crippen molar-refractivity contribution in [2.24, 2.45) is 0 Å². The molecule has 0 aromatic heterocycles. The molecule has 11 heavy (non-hydrogen) atoms. The molecule has 1 aromatic carbocycles. The minimum absolute atomic E-state index is 0.147. The average Bonchev–Trinajstić information content (AvgIpc) is 1.98. The molecule has 0 bridgehead atoms. The van der Waals surface area contributed by atoms with Crippen LogP contribution in [0.15, 0.2) is 18.2 Å². The number of rotatable bonds is 1. The second-order valence-corrected chi connectivity index (χ2v) is 2.51. The molecule has 0 spiro atoms. The van der Waals surface area contributed by atoms with E-state index >= 15 is 0 Å². The van der Waals surface area contributed by atoms with Gasteiger partial charge in [-0.25, -0.2) is 4.39 Å². The molecule has 0 amide bonds. The highest BCUT2D eigenvalue weighted by molar-refractivity contribution is 6.30. The van der Waals surface area contributed by atoms with E-state index < -0.39 is 0 Å². The van der Waals surface area contributed by atoms with Crippen molar-refractivity contribution in [3.05, 3.63) is 40.7 Å². The van der Waals surface area contributed by atoms with Crippen LogP contribution in [-0.2, 0) is 0 Å². The van der Waals surface area contributed by atoms with Crippen LogP contribution in [-0.4, -0.2) is 0 Å². The van der Waals surface area contributed by atoms with Gasteiger partial charge in [0.05, 0.1) is 5.02 Å². The molecule has 0 fully saturated rings. The number of benzene rings is 1. The smallest absolute Gasteiger partial charge is 0.141 e. The summed E-state index contributed by atoms with van der Waals surface area (Å²) in [4.78, 5) is 0. The lowest BCUT2D eigenvalue weighted by Gasteiger charge is -1.94. The van der Waals surface area contributed by atoms with E-state index in [1.807, 2.05) is 0 Å². The topological polar surface area (TPSA) is 0 Å². The zero-order valence-electron chi connectivity index (χ0n) is 6.07. The largest absolute Gasteiger partial charge is 0.205 e. The number of hydrogen-bond acceptors (Lipinski definition) is 0. The van der Waals surface area contributed by atoms with E-state index in [1.54, 1.807) is 25.1 Å². The Kier molecular flexibility index (Phi) is 2.66. The molecule has 0 aliphatic heterocycles. The van der Waals surface area contributed by atoms with Crippen molar-refractivity contribution in [2.45, 2.75) is 6.92 Å². The third-order valence-corrected chi connectivity index (χ3v) is 1.54. The van der Waals surface area contributed by atoms with Crippen molar-refractivity contribution < 1.29 is 4.39 Å². The van der Waals surface area contributed by atoms with Gasteiger partial charge < -0.3 is 0 Å². The number of halogens is 2. The number of allylic oxidation sites excluding steroid dienone is 1. The zero-order valence-corrected chi connectivity index (χ0v) is 6.82. The molecular weight excluding hydrogens is 163 g/mol. The molecule has 1 radical (unpaired) electrons. The minimum atomic E-state index is -0.389. The van der Waals surface area contributed by atoms with Gasteiger partial charge in [0.15, 0.2) is 0 Å². The molecular formula is C9H7ClF. The van der Waals surface area contributed by atoms with Gasteiger partial charge in [0.2, 0.25) is 0 Å². The van der Waals surface area contributed by atoms with Crippen LogP contribution >= 0.6 is 11.6 Å². The molecule has 1 aromatic rings. The first-order valence-electron chi connectivity index (χ1n) is 3.19. The summed E-state index contributed by atoms with van der Waals surface area (Å²) < 4.78 is 12.6. The molecule has 0 unspecified atom stereocenters. The second kappa shape index (κ2) is 3.54. The molecule has 0 N–H and O–H groups in total. The molecule has 1 rings (SSSR count). The summed E-state index contributed by atoms with van der Waals surface area (Å²) in [6, 6.07) is 4.55. The lowest BCUT2D eigenvalue weighted by Crippen LogP contribution is -1.77. The van der Waals surface area contributed by atoms with Crippen LogP contribution < -0.4 is 0 Å². The summed E-state index contributed by atoms with van der Waals surface area (Å²) >= 11 is 5.53. The Morgan fingerprint density at radius 2 is 2.27 bits per heavy atom. The minimum Gasteiger partial charge on any atom is -0.205 e. The van der Waals surface area contributed by atoms with Gasteiger partial charge in [-0.05, 0) is 30.7 Å². The van der Waals surface area contributed by atoms with Crippen molar-refractivity contribution in [3.8, 4) is 0 Å². The fourth-order valence-electron chi connectivity index (χ4n) is 0.769. The highest BCUT2D eigenvalue weighted by Gasteiger charge is 1.97. The Balaban J connectivity index is 3.05. The average molecular weight is 170 g/mol. The predicted molar refractivity (Wildman–Crippen MR) is 44.8 cm³/mol. The predicted octanol–water partition coefficient (Wildman–Crippen LogP) is 3.32. The SMILES string of the molecule is C[C]=Cc1ccc(F)c(Cl)c1. The van der Waals surface area contributed by atoms with Crippen molar-refractivity contribution >= 4 is 17.7 Å². The highest BCUT2D eigenvalue weighted by atomic mass is 35.5. The van der Waals surface area contributed by atoms with E-state index in [1.165, 1.54) is 6.07 Å². The van der Waals surface area contributed by atoms with Crippen molar-refractivity contribution in [1.29, 1.82) is 0 Å². The van der Waals surface area contributed by atoms with Crippen molar-refractivity contribution in [1.82, 2.24) is 0 Å². The maximum Gasteiger partial charge on any atom is 0.141 e. The third-order valence-electron chi connectivity index (χ3n) is 1.25. The lowest BCUT2D eigenvalue weighted by atomic mass is 10.2. The van der Waals surface area contributed by atoms with E-state index in [2.05, 4.69) is 6.08 Å². The first-order valence-corrected chi connectivity index (χ1v) is 3.57. The second-order valence-electron chi connectivity index (χ2n) is 2.11. The van der Waals surface area contributed by atoms with Crippen LogP contribution in [0, 0.1) is 11.9 Å². The molecule has 0 saturated heterocycles. The summed E-state index contributed by atoms with van der Waals surface area (Å²) in [5, 5.41) is 0.147. The standard InChI is InChI=1S/C9H7ClF/c1-2-3-7-4-5-9(11)8(10)6-7/h3-6H,1H3. The summed E-state index contributed by atoms with van der Waals surface area (Å²) in [5.41, 5.74) is 0.860. The van der Waals surface area contributed by atoms with Gasteiger partial charge in [0, 0.05) is 0 Å². The first kappa shape index (κ1) is 8.28. The normalized spacial score (nSPS) is 10.8. The van der Waals surface area contributed by atoms with Gasteiger partial charge in [0.25, 0.3) is 0 Å². The fourth-order valence-corrected chi connectivity index (χ4v) is 0.958. The van der Waals surface area contributed by atoms with Crippen LogP contribution in [0.1, 0.15) is 12.5 Å². The van der Waals surface area contributed by atoms with Crippen LogP contribution in [0.5, 0.6) is 0 Å². The molecule has 57 valence electrons. The summed E-state index contributed by atoms with van der Waals surface area (Å²) in [5.74, 6) is -0.389. The molecule has 2 heteroatoms. The molecule has 0 aliphatic rings. The van der Waals surface area contributed by atoms with E-state index in [-0.39, 0.29) is 10.8 Å². The van der Waals surface area contributed by atoms with Gasteiger partial charge in [-0.15, -0.1) is 0 Å². The van der Waals surface area contributed by atoms with E-state index in [9.17, 15) is 4.39 Å². The van der Waals surface area contributed by atoms with E-state index in [4.69, 9.17) is 11.6 Å². The lowest BCUT2D eigenvalue weighted by molar-refractivity contribution is 0.628. The fraction of sp³-hybridized carbons (Fsp3) is 0.111. The van der Waals surface area contributed by atoms with Gasteiger partial charge in [0.1, 0.15) is 5.82 Å². The molecule has 0 heterocycles. The summed E-state index contributed by atoms with van der Waals surface area (Å²) in [6.45, 7) is 1.78. The van der Waals surface area contributed by atoms with Gasteiger partial charge >= 0.3 is 0 Å². The maximum atomic E-state index is 12.6. The van der Waals surface area contributed by atoms with Gasteiger partial charge in [-0.1, -0.05) is 23.7 Å². The summed E-state index contributed by atoms with van der Waals surface area (Å²) in [6.07, 6.45) is 4.57. The van der Waals surface area contributed by atoms with Gasteiger partial charge in [-0.3, -0.25) is 0 Å². The Labute approximate surface area is 70.3 Å². The Morgan fingerprint density at radius 3 is 2.82 bits per heavy atom. The van der Waals surface area contributed by atoms with Gasteiger partial charge in [-0.2, -0.15) is 0 Å². The molecule has 0 nitrogen and oxygen atoms in total. The molecule has 0 aliphatic carbocycles. The maximum absolute atomic E-state index is 12.6. The molecule has 0 atom stereocenters. The Morgan fingerprint density at radius 1 is 1.55 bits per heavy atom. The Bertz CT molecular complexity index is 279. The first-order chi connectivity index (χ1) is 5.24. The van der Waals surface area contributed by atoms with Crippen LogP contribution in [0.25, 0.3) is 6.08 Å². The van der Waals surface area contributed by atoms with E-state index in [0.29, 0.717) is 0 Å². The third kappa shape index (κ3) is 2.05. The quantitative estimate of drug-likeness (QED) is 0.605. The van der Waals surface area contributed by atoms with Crippen molar-refractivity contribution in [2.75, 3.05) is 0 Å². The van der Waals surface area contributed by atoms with Crippen molar-refractivity contribution in [3.63, 3.8) is 0 Å². The number of hydrogen-bond donors (Lipinski definition) is 0. The van der Waals surface area contributed by atoms with Crippen LogP contribution in [0.2, 0.25) is 5.02 Å². The zero-order chi connectivity index (χ0) is 8.27.